The number of tetrazole rings is 1. The van der Waals surface area contributed by atoms with Crippen molar-refractivity contribution in [3.8, 4) is 11.4 Å². The molecule has 0 radical (unpaired) electrons. The van der Waals surface area contributed by atoms with Gasteiger partial charge in [-0.05, 0) is 43.0 Å². The molecule has 3 aromatic rings. The SMILES string of the molecule is Cc1ccc(-c2nnn(CC(=O)N(CC(=O)NCCC(C)C)c3ccccc3C)n2)cc1. The van der Waals surface area contributed by atoms with Gasteiger partial charge >= 0.3 is 0 Å². The minimum Gasteiger partial charge on any atom is -0.355 e. The van der Waals surface area contributed by atoms with E-state index in [0.29, 0.717) is 24.0 Å². The average molecular weight is 435 g/mol. The zero-order valence-corrected chi connectivity index (χ0v) is 19.1. The number of aryl methyl sites for hydroxylation is 2. The van der Waals surface area contributed by atoms with Crippen LogP contribution >= 0.6 is 0 Å². The van der Waals surface area contributed by atoms with E-state index in [0.717, 1.165) is 23.1 Å². The van der Waals surface area contributed by atoms with Crippen molar-refractivity contribution < 1.29 is 9.59 Å². The average Bonchev–Trinajstić information content (AvgIpc) is 3.21. The van der Waals surface area contributed by atoms with E-state index in [4.69, 9.17) is 0 Å². The number of carbonyl (C=O) groups is 2. The Morgan fingerprint density at radius 1 is 1.06 bits per heavy atom. The highest BCUT2D eigenvalue weighted by molar-refractivity contribution is 5.99. The molecule has 2 aromatic carbocycles. The molecule has 0 atom stereocenters. The second-order valence-corrected chi connectivity index (χ2v) is 8.31. The third kappa shape index (κ3) is 6.23. The highest BCUT2D eigenvalue weighted by Gasteiger charge is 2.22. The molecule has 0 saturated heterocycles. The molecule has 8 nitrogen and oxygen atoms in total. The Morgan fingerprint density at radius 3 is 2.47 bits per heavy atom. The molecular formula is C24H30N6O2. The first-order chi connectivity index (χ1) is 15.3. The minimum atomic E-state index is -0.286. The molecule has 0 bridgehead atoms. The molecule has 1 heterocycles. The largest absolute Gasteiger partial charge is 0.355 e. The van der Waals surface area contributed by atoms with Gasteiger partial charge in [0.1, 0.15) is 13.1 Å². The van der Waals surface area contributed by atoms with Gasteiger partial charge in [-0.15, -0.1) is 10.2 Å². The van der Waals surface area contributed by atoms with Gasteiger partial charge in [0.25, 0.3) is 5.91 Å². The Bertz CT molecular complexity index is 1060. The molecule has 0 spiro atoms. The number of hydrogen-bond donors (Lipinski definition) is 1. The Hall–Kier alpha value is -3.55. The number of nitrogens with zero attached hydrogens (tertiary/aromatic N) is 5. The van der Waals surface area contributed by atoms with Gasteiger partial charge in [-0.2, -0.15) is 4.80 Å². The number of hydrogen-bond acceptors (Lipinski definition) is 5. The summed E-state index contributed by atoms with van der Waals surface area (Å²) in [7, 11) is 0. The van der Waals surface area contributed by atoms with Crippen molar-refractivity contribution in [1.82, 2.24) is 25.5 Å². The van der Waals surface area contributed by atoms with E-state index in [1.165, 1.54) is 9.70 Å². The summed E-state index contributed by atoms with van der Waals surface area (Å²) >= 11 is 0. The summed E-state index contributed by atoms with van der Waals surface area (Å²) in [5.41, 5.74) is 3.56. The number of rotatable bonds is 9. The fourth-order valence-corrected chi connectivity index (χ4v) is 3.21. The van der Waals surface area contributed by atoms with Crippen molar-refractivity contribution in [2.75, 3.05) is 18.0 Å². The van der Waals surface area contributed by atoms with Crippen molar-refractivity contribution in [3.05, 3.63) is 59.7 Å². The standard InChI is InChI=1S/C24H30N6O2/c1-17(2)13-14-25-22(31)15-29(21-8-6-5-7-19(21)4)23(32)16-30-27-24(26-28-30)20-11-9-18(3)10-12-20/h5-12,17H,13-16H2,1-4H3,(H,25,31). The lowest BCUT2D eigenvalue weighted by Crippen LogP contribution is -2.43. The van der Waals surface area contributed by atoms with Crippen molar-refractivity contribution >= 4 is 17.5 Å². The van der Waals surface area contributed by atoms with Gasteiger partial charge < -0.3 is 10.2 Å². The van der Waals surface area contributed by atoms with E-state index in [-0.39, 0.29) is 24.9 Å². The van der Waals surface area contributed by atoms with E-state index >= 15 is 0 Å². The number of nitrogens with one attached hydrogen (secondary N) is 1. The summed E-state index contributed by atoms with van der Waals surface area (Å²) in [6.45, 7) is 8.52. The third-order valence-electron chi connectivity index (χ3n) is 5.09. The van der Waals surface area contributed by atoms with Crippen LogP contribution in [0.4, 0.5) is 5.69 Å². The van der Waals surface area contributed by atoms with E-state index in [1.54, 1.807) is 0 Å². The Morgan fingerprint density at radius 2 is 1.78 bits per heavy atom. The molecule has 0 saturated carbocycles. The van der Waals surface area contributed by atoms with Crippen LogP contribution in [0.3, 0.4) is 0 Å². The van der Waals surface area contributed by atoms with Gasteiger partial charge in [0, 0.05) is 17.8 Å². The van der Waals surface area contributed by atoms with Crippen LogP contribution in [0.15, 0.2) is 48.5 Å². The molecule has 0 unspecified atom stereocenters. The molecular weight excluding hydrogens is 404 g/mol. The van der Waals surface area contributed by atoms with Crippen LogP contribution in [-0.4, -0.2) is 45.1 Å². The second-order valence-electron chi connectivity index (χ2n) is 8.31. The van der Waals surface area contributed by atoms with Crippen LogP contribution in [0.2, 0.25) is 0 Å². The highest BCUT2D eigenvalue weighted by Crippen LogP contribution is 2.20. The topological polar surface area (TPSA) is 93.0 Å². The zero-order chi connectivity index (χ0) is 23.1. The molecule has 1 N–H and O–H groups in total. The first-order valence-corrected chi connectivity index (χ1v) is 10.8. The summed E-state index contributed by atoms with van der Waals surface area (Å²) in [5, 5.41) is 15.3. The van der Waals surface area contributed by atoms with Crippen LogP contribution in [0.1, 0.15) is 31.4 Å². The Labute approximate surface area is 188 Å². The van der Waals surface area contributed by atoms with Gasteiger partial charge in [-0.25, -0.2) is 0 Å². The number of anilines is 1. The predicted molar refractivity (Wildman–Crippen MR) is 124 cm³/mol. The maximum Gasteiger partial charge on any atom is 0.251 e. The number of para-hydroxylation sites is 1. The first-order valence-electron chi connectivity index (χ1n) is 10.8. The summed E-state index contributed by atoms with van der Waals surface area (Å²) < 4.78 is 0. The second kappa shape index (κ2) is 10.7. The third-order valence-corrected chi connectivity index (χ3v) is 5.09. The molecule has 0 aliphatic carbocycles. The van der Waals surface area contributed by atoms with E-state index < -0.39 is 0 Å². The van der Waals surface area contributed by atoms with Gasteiger partial charge in [-0.3, -0.25) is 9.59 Å². The molecule has 1 aromatic heterocycles. The minimum absolute atomic E-state index is 0.0682. The first kappa shape index (κ1) is 23.1. The summed E-state index contributed by atoms with van der Waals surface area (Å²) in [6.07, 6.45) is 0.884. The Kier molecular flexibility index (Phi) is 7.70. The van der Waals surface area contributed by atoms with Crippen molar-refractivity contribution in [2.24, 2.45) is 5.92 Å². The van der Waals surface area contributed by atoms with Crippen molar-refractivity contribution in [3.63, 3.8) is 0 Å². The van der Waals surface area contributed by atoms with Crippen LogP contribution < -0.4 is 10.2 Å². The van der Waals surface area contributed by atoms with Crippen molar-refractivity contribution in [2.45, 2.75) is 40.7 Å². The molecule has 168 valence electrons. The van der Waals surface area contributed by atoms with Crippen molar-refractivity contribution in [1.29, 1.82) is 0 Å². The summed E-state index contributed by atoms with van der Waals surface area (Å²) in [4.78, 5) is 28.5. The van der Waals surface area contributed by atoms with Gasteiger partial charge in [-0.1, -0.05) is 61.9 Å². The molecule has 8 heteroatoms. The quantitative estimate of drug-likeness (QED) is 0.558. The smallest absolute Gasteiger partial charge is 0.251 e. The van der Waals surface area contributed by atoms with E-state index in [9.17, 15) is 9.59 Å². The lowest BCUT2D eigenvalue weighted by molar-refractivity contribution is -0.124. The zero-order valence-electron chi connectivity index (χ0n) is 19.1. The number of aromatic nitrogens is 4. The van der Waals surface area contributed by atoms with Crippen LogP contribution in [0.25, 0.3) is 11.4 Å². The molecule has 0 aliphatic rings. The Balaban J connectivity index is 1.74. The number of amides is 2. The van der Waals surface area contributed by atoms with Crippen LogP contribution in [0, 0.1) is 19.8 Å². The fraction of sp³-hybridized carbons (Fsp3) is 0.375. The molecule has 0 fully saturated rings. The van der Waals surface area contributed by atoms with E-state index in [2.05, 4.69) is 34.6 Å². The molecule has 32 heavy (non-hydrogen) atoms. The monoisotopic (exact) mass is 434 g/mol. The van der Waals surface area contributed by atoms with E-state index in [1.807, 2.05) is 62.4 Å². The van der Waals surface area contributed by atoms with Crippen LogP contribution in [0.5, 0.6) is 0 Å². The van der Waals surface area contributed by atoms with Crippen LogP contribution in [-0.2, 0) is 16.1 Å². The lowest BCUT2D eigenvalue weighted by atomic mass is 10.1. The lowest BCUT2D eigenvalue weighted by Gasteiger charge is -2.24. The maximum absolute atomic E-state index is 13.2. The predicted octanol–water partition coefficient (Wildman–Crippen LogP) is 3.15. The number of carbonyl (C=O) groups excluding carboxylic acids is 2. The normalized spacial score (nSPS) is 10.9. The van der Waals surface area contributed by atoms with Gasteiger partial charge in [0.05, 0.1) is 0 Å². The van der Waals surface area contributed by atoms with Gasteiger partial charge in [0.2, 0.25) is 11.7 Å². The van der Waals surface area contributed by atoms with Gasteiger partial charge in [0.15, 0.2) is 0 Å². The maximum atomic E-state index is 13.2. The highest BCUT2D eigenvalue weighted by atomic mass is 16.2. The molecule has 3 rings (SSSR count). The summed E-state index contributed by atoms with van der Waals surface area (Å²) in [5.74, 6) is 0.456. The molecule has 2 amide bonds. The number of benzene rings is 2. The fourth-order valence-electron chi connectivity index (χ4n) is 3.21. The summed E-state index contributed by atoms with van der Waals surface area (Å²) in [6, 6.07) is 15.3. The molecule has 0 aliphatic heterocycles.